The van der Waals surface area contributed by atoms with Gasteiger partial charge < -0.3 is 24.7 Å². The predicted molar refractivity (Wildman–Crippen MR) is 93.2 cm³/mol. The molecule has 2 heterocycles. The van der Waals surface area contributed by atoms with Crippen molar-refractivity contribution in [3.63, 3.8) is 0 Å². The SMILES string of the molecule is COc1cc(F)ccc1NC(=O)Cc1nc(N2CCOCC2)cc(=O)[nH]1. The number of H-pyrrole nitrogens is 1. The van der Waals surface area contributed by atoms with E-state index in [2.05, 4.69) is 15.3 Å². The van der Waals surface area contributed by atoms with E-state index in [1.807, 2.05) is 4.90 Å². The molecule has 8 nitrogen and oxygen atoms in total. The van der Waals surface area contributed by atoms with Crippen molar-refractivity contribution < 1.29 is 18.7 Å². The Morgan fingerprint density at radius 2 is 2.15 bits per heavy atom. The Morgan fingerprint density at radius 1 is 1.38 bits per heavy atom. The van der Waals surface area contributed by atoms with E-state index >= 15 is 0 Å². The zero-order valence-corrected chi connectivity index (χ0v) is 14.3. The molecule has 0 radical (unpaired) electrons. The van der Waals surface area contributed by atoms with Gasteiger partial charge in [0.2, 0.25) is 5.91 Å². The predicted octanol–water partition coefficient (Wildman–Crippen LogP) is 0.935. The van der Waals surface area contributed by atoms with Crippen molar-refractivity contribution in [1.29, 1.82) is 0 Å². The molecule has 0 atom stereocenters. The van der Waals surface area contributed by atoms with Gasteiger partial charge in [-0.2, -0.15) is 0 Å². The Balaban J connectivity index is 1.73. The molecule has 3 rings (SSSR count). The first-order valence-corrected chi connectivity index (χ1v) is 8.11. The lowest BCUT2D eigenvalue weighted by Gasteiger charge is -2.27. The first kappa shape index (κ1) is 17.9. The van der Waals surface area contributed by atoms with Crippen molar-refractivity contribution in [2.24, 2.45) is 0 Å². The molecule has 1 aromatic carbocycles. The van der Waals surface area contributed by atoms with Crippen molar-refractivity contribution in [2.75, 3.05) is 43.6 Å². The number of anilines is 2. The molecule has 138 valence electrons. The highest BCUT2D eigenvalue weighted by Crippen LogP contribution is 2.25. The number of carbonyl (C=O) groups excluding carboxylic acids is 1. The van der Waals surface area contributed by atoms with Crippen LogP contribution in [0.2, 0.25) is 0 Å². The van der Waals surface area contributed by atoms with Crippen LogP contribution < -0.4 is 20.5 Å². The quantitative estimate of drug-likeness (QED) is 0.822. The van der Waals surface area contributed by atoms with Gasteiger partial charge in [-0.1, -0.05) is 0 Å². The fraction of sp³-hybridized carbons (Fsp3) is 0.353. The number of nitrogens with zero attached hydrogens (tertiary/aromatic N) is 2. The Hall–Kier alpha value is -2.94. The van der Waals surface area contributed by atoms with Gasteiger partial charge in [-0.15, -0.1) is 0 Å². The molecule has 1 amide bonds. The number of benzene rings is 1. The van der Waals surface area contributed by atoms with E-state index in [-0.39, 0.29) is 23.6 Å². The zero-order valence-electron chi connectivity index (χ0n) is 14.3. The number of morpholine rings is 1. The molecule has 0 unspecified atom stereocenters. The van der Waals surface area contributed by atoms with Gasteiger partial charge in [0.25, 0.3) is 5.56 Å². The Labute approximate surface area is 149 Å². The number of carbonyl (C=O) groups is 1. The lowest BCUT2D eigenvalue weighted by atomic mass is 10.2. The number of amides is 1. The summed E-state index contributed by atoms with van der Waals surface area (Å²) in [4.78, 5) is 33.0. The van der Waals surface area contributed by atoms with Crippen LogP contribution in [0.3, 0.4) is 0 Å². The molecule has 26 heavy (non-hydrogen) atoms. The van der Waals surface area contributed by atoms with Crippen LogP contribution in [0, 0.1) is 5.82 Å². The standard InChI is InChI=1S/C17H19FN4O4/c1-25-13-8-11(18)2-3-12(13)19-16(23)9-14-20-15(10-17(24)21-14)22-4-6-26-7-5-22/h2-3,8,10H,4-7,9H2,1H3,(H,19,23)(H,20,21,24). The van der Waals surface area contributed by atoms with E-state index in [9.17, 15) is 14.0 Å². The summed E-state index contributed by atoms with van der Waals surface area (Å²) < 4.78 is 23.6. The molecule has 0 bridgehead atoms. The van der Waals surface area contributed by atoms with Gasteiger partial charge in [0.15, 0.2) is 0 Å². The normalized spacial score (nSPS) is 14.2. The second-order valence-corrected chi connectivity index (χ2v) is 5.72. The van der Waals surface area contributed by atoms with Gasteiger partial charge in [-0.3, -0.25) is 9.59 Å². The third kappa shape index (κ3) is 4.37. The van der Waals surface area contributed by atoms with E-state index in [4.69, 9.17) is 9.47 Å². The summed E-state index contributed by atoms with van der Waals surface area (Å²) in [6.07, 6.45) is -0.131. The highest BCUT2D eigenvalue weighted by molar-refractivity contribution is 5.93. The van der Waals surface area contributed by atoms with Crippen LogP contribution in [0.5, 0.6) is 5.75 Å². The molecule has 1 fully saturated rings. The number of ether oxygens (including phenoxy) is 2. The fourth-order valence-electron chi connectivity index (χ4n) is 2.65. The summed E-state index contributed by atoms with van der Waals surface area (Å²) in [5.41, 5.74) is 0.00855. The molecule has 0 saturated carbocycles. The maximum Gasteiger partial charge on any atom is 0.252 e. The van der Waals surface area contributed by atoms with E-state index in [1.165, 1.54) is 31.4 Å². The molecule has 2 N–H and O–H groups in total. The van der Waals surface area contributed by atoms with Crippen molar-refractivity contribution in [3.05, 3.63) is 46.3 Å². The zero-order chi connectivity index (χ0) is 18.5. The summed E-state index contributed by atoms with van der Waals surface area (Å²) in [6.45, 7) is 2.40. The second-order valence-electron chi connectivity index (χ2n) is 5.72. The Kier molecular flexibility index (Phi) is 5.47. The lowest BCUT2D eigenvalue weighted by Crippen LogP contribution is -2.37. The molecule has 0 aliphatic carbocycles. The van der Waals surface area contributed by atoms with Crippen molar-refractivity contribution in [3.8, 4) is 5.75 Å². The van der Waals surface area contributed by atoms with Crippen LogP contribution in [-0.4, -0.2) is 49.3 Å². The number of halogens is 1. The van der Waals surface area contributed by atoms with Crippen LogP contribution >= 0.6 is 0 Å². The summed E-state index contributed by atoms with van der Waals surface area (Å²) in [5.74, 6) is 0.0971. The van der Waals surface area contributed by atoms with Crippen molar-refractivity contribution in [1.82, 2.24) is 9.97 Å². The topological polar surface area (TPSA) is 96.5 Å². The third-order valence-corrected chi connectivity index (χ3v) is 3.88. The van der Waals surface area contributed by atoms with Crippen LogP contribution in [0.25, 0.3) is 0 Å². The molecule has 0 spiro atoms. The number of hydrogen-bond donors (Lipinski definition) is 2. The average Bonchev–Trinajstić information content (AvgIpc) is 2.63. The van der Waals surface area contributed by atoms with Gasteiger partial charge in [0, 0.05) is 25.2 Å². The van der Waals surface area contributed by atoms with Crippen molar-refractivity contribution in [2.45, 2.75) is 6.42 Å². The average molecular weight is 362 g/mol. The summed E-state index contributed by atoms with van der Waals surface area (Å²) in [5, 5.41) is 2.63. The molecule has 1 aromatic heterocycles. The van der Waals surface area contributed by atoms with Gasteiger partial charge in [-0.25, -0.2) is 9.37 Å². The molecule has 2 aromatic rings. The molecular weight excluding hydrogens is 343 g/mol. The second kappa shape index (κ2) is 7.96. The maximum atomic E-state index is 13.2. The minimum absolute atomic E-state index is 0.131. The molecule has 1 saturated heterocycles. The number of methoxy groups -OCH3 is 1. The van der Waals surface area contributed by atoms with Gasteiger partial charge in [0.1, 0.15) is 23.2 Å². The van der Waals surface area contributed by atoms with Crippen LogP contribution in [-0.2, 0) is 16.0 Å². The molecule has 1 aliphatic rings. The van der Waals surface area contributed by atoms with E-state index in [0.29, 0.717) is 37.8 Å². The lowest BCUT2D eigenvalue weighted by molar-refractivity contribution is -0.115. The fourth-order valence-corrected chi connectivity index (χ4v) is 2.65. The summed E-state index contributed by atoms with van der Waals surface area (Å²) in [6, 6.07) is 5.20. The minimum Gasteiger partial charge on any atom is -0.494 e. The molecular formula is C17H19FN4O4. The number of aromatic nitrogens is 2. The number of hydrogen-bond acceptors (Lipinski definition) is 6. The maximum absolute atomic E-state index is 13.2. The highest BCUT2D eigenvalue weighted by Gasteiger charge is 2.16. The Bertz CT molecular complexity index is 849. The van der Waals surface area contributed by atoms with Gasteiger partial charge in [-0.05, 0) is 12.1 Å². The highest BCUT2D eigenvalue weighted by atomic mass is 19.1. The number of nitrogens with one attached hydrogen (secondary N) is 2. The van der Waals surface area contributed by atoms with Gasteiger partial charge >= 0.3 is 0 Å². The van der Waals surface area contributed by atoms with E-state index < -0.39 is 11.7 Å². The third-order valence-electron chi connectivity index (χ3n) is 3.88. The first-order valence-electron chi connectivity index (χ1n) is 8.11. The van der Waals surface area contributed by atoms with Crippen LogP contribution in [0.15, 0.2) is 29.1 Å². The van der Waals surface area contributed by atoms with Crippen molar-refractivity contribution >= 4 is 17.4 Å². The number of aromatic amines is 1. The number of rotatable bonds is 5. The minimum atomic E-state index is -0.468. The Morgan fingerprint density at radius 3 is 2.88 bits per heavy atom. The molecule has 1 aliphatic heterocycles. The largest absolute Gasteiger partial charge is 0.494 e. The summed E-state index contributed by atoms with van der Waals surface area (Å²) in [7, 11) is 1.38. The summed E-state index contributed by atoms with van der Waals surface area (Å²) >= 11 is 0. The van der Waals surface area contributed by atoms with Crippen LogP contribution in [0.4, 0.5) is 15.9 Å². The van der Waals surface area contributed by atoms with Crippen LogP contribution in [0.1, 0.15) is 5.82 Å². The van der Waals surface area contributed by atoms with E-state index in [0.717, 1.165) is 0 Å². The molecule has 9 heteroatoms. The smallest absolute Gasteiger partial charge is 0.252 e. The van der Waals surface area contributed by atoms with Gasteiger partial charge in [0.05, 0.1) is 32.4 Å². The first-order chi connectivity index (χ1) is 12.5. The van der Waals surface area contributed by atoms with E-state index in [1.54, 1.807) is 0 Å². The monoisotopic (exact) mass is 362 g/mol.